The summed E-state index contributed by atoms with van der Waals surface area (Å²) in [6.45, 7) is 3.06. The van der Waals surface area contributed by atoms with E-state index in [4.69, 9.17) is 18.9 Å². The summed E-state index contributed by atoms with van der Waals surface area (Å²) >= 11 is 0. The summed E-state index contributed by atoms with van der Waals surface area (Å²) in [5.74, 6) is 2.29. The lowest BCUT2D eigenvalue weighted by atomic mass is 10.0. The summed E-state index contributed by atoms with van der Waals surface area (Å²) in [4.78, 5) is 24.7. The Morgan fingerprint density at radius 2 is 1.57 bits per heavy atom. The lowest BCUT2D eigenvalue weighted by Crippen LogP contribution is -2.27. The molecule has 2 aromatic rings. The SMILES string of the molecule is CC(NC(=O)CCC(=O)c1ccc2c(c1)OCCO2)c1ccc2c(c1)OCO2. The van der Waals surface area contributed by atoms with E-state index in [1.807, 2.05) is 25.1 Å². The van der Waals surface area contributed by atoms with Crippen LogP contribution in [0.2, 0.25) is 0 Å². The quantitative estimate of drug-likeness (QED) is 0.772. The number of Topliss-reactive ketones (excluding diaryl/α,β-unsaturated/α-hetero) is 1. The molecular formula is C21H21NO6. The summed E-state index contributed by atoms with van der Waals surface area (Å²) in [6.07, 6.45) is 0.238. The van der Waals surface area contributed by atoms with Gasteiger partial charge in [-0.25, -0.2) is 0 Å². The molecule has 2 aromatic carbocycles. The average Bonchev–Trinajstić information content (AvgIpc) is 3.19. The molecule has 0 fully saturated rings. The summed E-state index contributed by atoms with van der Waals surface area (Å²) in [5, 5.41) is 2.91. The number of hydrogen-bond donors (Lipinski definition) is 1. The molecule has 0 aromatic heterocycles. The molecule has 7 nitrogen and oxygen atoms in total. The first-order chi connectivity index (χ1) is 13.6. The second-order valence-electron chi connectivity index (χ2n) is 6.68. The molecular weight excluding hydrogens is 362 g/mol. The Kier molecular flexibility index (Phi) is 5.06. The monoisotopic (exact) mass is 383 g/mol. The fraction of sp³-hybridized carbons (Fsp3) is 0.333. The summed E-state index contributed by atoms with van der Waals surface area (Å²) < 4.78 is 21.6. The number of hydrogen-bond acceptors (Lipinski definition) is 6. The Morgan fingerprint density at radius 3 is 2.43 bits per heavy atom. The lowest BCUT2D eigenvalue weighted by Gasteiger charge is -2.18. The van der Waals surface area contributed by atoms with Gasteiger partial charge in [0.2, 0.25) is 12.7 Å². The minimum absolute atomic E-state index is 0.108. The number of carbonyl (C=O) groups excluding carboxylic acids is 2. The van der Waals surface area contributed by atoms with Crippen molar-refractivity contribution in [1.82, 2.24) is 5.32 Å². The number of ether oxygens (including phenoxy) is 4. The van der Waals surface area contributed by atoms with Gasteiger partial charge in [0.15, 0.2) is 28.8 Å². The molecule has 2 aliphatic heterocycles. The van der Waals surface area contributed by atoms with Gasteiger partial charge < -0.3 is 24.3 Å². The molecule has 2 aliphatic rings. The van der Waals surface area contributed by atoms with Gasteiger partial charge >= 0.3 is 0 Å². The van der Waals surface area contributed by atoms with Gasteiger partial charge in [-0.15, -0.1) is 0 Å². The summed E-state index contributed by atoms with van der Waals surface area (Å²) in [5.41, 5.74) is 1.43. The Labute approximate surface area is 162 Å². The fourth-order valence-corrected chi connectivity index (χ4v) is 3.17. The molecule has 0 saturated heterocycles. The molecule has 0 spiro atoms. The molecule has 0 aliphatic carbocycles. The second-order valence-corrected chi connectivity index (χ2v) is 6.68. The van der Waals surface area contributed by atoms with Crippen molar-refractivity contribution in [2.24, 2.45) is 0 Å². The predicted octanol–water partition coefficient (Wildman–Crippen LogP) is 3.03. The Morgan fingerprint density at radius 1 is 0.893 bits per heavy atom. The molecule has 1 amide bonds. The maximum absolute atomic E-state index is 12.4. The summed E-state index contributed by atoms with van der Waals surface area (Å²) in [7, 11) is 0. The first-order valence-electron chi connectivity index (χ1n) is 9.22. The van der Waals surface area contributed by atoms with Crippen LogP contribution in [0.25, 0.3) is 0 Å². The van der Waals surface area contributed by atoms with Crippen molar-refractivity contribution in [1.29, 1.82) is 0 Å². The standard InChI is InChI=1S/C21H21NO6/c1-13(14-2-5-18-20(10-14)28-12-27-18)22-21(24)7-4-16(23)15-3-6-17-19(11-15)26-9-8-25-17/h2-3,5-6,10-11,13H,4,7-9,12H2,1H3,(H,22,24). The van der Waals surface area contributed by atoms with Crippen LogP contribution in [0.4, 0.5) is 0 Å². The van der Waals surface area contributed by atoms with Crippen molar-refractivity contribution >= 4 is 11.7 Å². The largest absolute Gasteiger partial charge is 0.486 e. The van der Waals surface area contributed by atoms with Gasteiger partial charge in [0.25, 0.3) is 0 Å². The summed E-state index contributed by atoms with van der Waals surface area (Å²) in [6, 6.07) is 10.5. The normalized spacial score (nSPS) is 15.0. The van der Waals surface area contributed by atoms with Crippen molar-refractivity contribution in [3.05, 3.63) is 47.5 Å². The van der Waals surface area contributed by atoms with Gasteiger partial charge in [-0.05, 0) is 42.8 Å². The Hall–Kier alpha value is -3.22. The van der Waals surface area contributed by atoms with E-state index in [1.165, 1.54) is 0 Å². The van der Waals surface area contributed by atoms with Crippen molar-refractivity contribution < 1.29 is 28.5 Å². The third-order valence-electron chi connectivity index (χ3n) is 4.72. The molecule has 28 heavy (non-hydrogen) atoms. The fourth-order valence-electron chi connectivity index (χ4n) is 3.17. The van der Waals surface area contributed by atoms with Crippen LogP contribution in [-0.4, -0.2) is 31.7 Å². The second kappa shape index (κ2) is 7.80. The smallest absolute Gasteiger partial charge is 0.231 e. The highest BCUT2D eigenvalue weighted by Gasteiger charge is 2.18. The first-order valence-corrected chi connectivity index (χ1v) is 9.22. The molecule has 0 saturated carbocycles. The number of rotatable bonds is 6. The first kappa shape index (κ1) is 18.2. The van der Waals surface area contributed by atoms with Crippen molar-refractivity contribution in [2.45, 2.75) is 25.8 Å². The van der Waals surface area contributed by atoms with Crippen LogP contribution in [0.5, 0.6) is 23.0 Å². The predicted molar refractivity (Wildman–Crippen MR) is 100 cm³/mol. The number of ketones is 1. The molecule has 1 N–H and O–H groups in total. The van der Waals surface area contributed by atoms with Crippen molar-refractivity contribution in [3.8, 4) is 23.0 Å². The third kappa shape index (κ3) is 3.88. The lowest BCUT2D eigenvalue weighted by molar-refractivity contribution is -0.121. The Balaban J connectivity index is 1.31. The van der Waals surface area contributed by atoms with E-state index in [1.54, 1.807) is 18.2 Å². The molecule has 7 heteroatoms. The van der Waals surface area contributed by atoms with Gasteiger partial charge in [0, 0.05) is 18.4 Å². The zero-order valence-corrected chi connectivity index (χ0v) is 15.5. The van der Waals surface area contributed by atoms with Gasteiger partial charge in [-0.2, -0.15) is 0 Å². The van der Waals surface area contributed by atoms with E-state index in [-0.39, 0.29) is 37.4 Å². The highest BCUT2D eigenvalue weighted by atomic mass is 16.7. The van der Waals surface area contributed by atoms with E-state index >= 15 is 0 Å². The topological polar surface area (TPSA) is 83.1 Å². The van der Waals surface area contributed by atoms with E-state index in [0.717, 1.165) is 5.56 Å². The van der Waals surface area contributed by atoms with Crippen LogP contribution in [0.3, 0.4) is 0 Å². The van der Waals surface area contributed by atoms with Gasteiger partial charge in [-0.3, -0.25) is 9.59 Å². The number of carbonyl (C=O) groups is 2. The van der Waals surface area contributed by atoms with Gasteiger partial charge in [0.1, 0.15) is 13.2 Å². The minimum atomic E-state index is -0.202. The minimum Gasteiger partial charge on any atom is -0.486 e. The number of nitrogens with one attached hydrogen (secondary N) is 1. The maximum Gasteiger partial charge on any atom is 0.231 e. The highest BCUT2D eigenvalue weighted by Crippen LogP contribution is 2.34. The van der Waals surface area contributed by atoms with E-state index in [0.29, 0.717) is 41.8 Å². The molecule has 1 atom stereocenters. The number of amides is 1. The van der Waals surface area contributed by atoms with Gasteiger partial charge in [-0.1, -0.05) is 6.07 Å². The average molecular weight is 383 g/mol. The molecule has 2 heterocycles. The molecule has 0 radical (unpaired) electrons. The maximum atomic E-state index is 12.4. The van der Waals surface area contributed by atoms with E-state index < -0.39 is 0 Å². The van der Waals surface area contributed by atoms with Crippen LogP contribution in [0, 0.1) is 0 Å². The van der Waals surface area contributed by atoms with Crippen LogP contribution in [-0.2, 0) is 4.79 Å². The van der Waals surface area contributed by atoms with Crippen LogP contribution >= 0.6 is 0 Å². The van der Waals surface area contributed by atoms with Crippen LogP contribution < -0.4 is 24.3 Å². The zero-order chi connectivity index (χ0) is 19.5. The Bertz CT molecular complexity index is 910. The zero-order valence-electron chi connectivity index (χ0n) is 15.5. The molecule has 146 valence electrons. The molecule has 1 unspecified atom stereocenters. The number of fused-ring (bicyclic) bond motifs is 2. The third-order valence-corrected chi connectivity index (χ3v) is 4.72. The van der Waals surface area contributed by atoms with Gasteiger partial charge in [0.05, 0.1) is 6.04 Å². The van der Waals surface area contributed by atoms with E-state index in [2.05, 4.69) is 5.32 Å². The molecule has 0 bridgehead atoms. The van der Waals surface area contributed by atoms with Crippen molar-refractivity contribution in [3.63, 3.8) is 0 Å². The van der Waals surface area contributed by atoms with Crippen molar-refractivity contribution in [2.75, 3.05) is 20.0 Å². The van der Waals surface area contributed by atoms with E-state index in [9.17, 15) is 9.59 Å². The van der Waals surface area contributed by atoms with Crippen LogP contribution in [0.1, 0.15) is 41.7 Å². The molecule has 4 rings (SSSR count). The number of benzene rings is 2. The highest BCUT2D eigenvalue weighted by molar-refractivity contribution is 5.98. The van der Waals surface area contributed by atoms with Crippen LogP contribution in [0.15, 0.2) is 36.4 Å².